The minimum Gasteiger partial charge on any atom is -0.333 e. The zero-order valence-electron chi connectivity index (χ0n) is 19.8. The van der Waals surface area contributed by atoms with Crippen molar-refractivity contribution in [2.24, 2.45) is 0 Å². The summed E-state index contributed by atoms with van der Waals surface area (Å²) in [6.07, 6.45) is 2.71. The van der Waals surface area contributed by atoms with Crippen molar-refractivity contribution in [3.8, 4) is 0 Å². The summed E-state index contributed by atoms with van der Waals surface area (Å²) in [7, 11) is 0. The first-order valence-electron chi connectivity index (χ1n) is 11.6. The zero-order chi connectivity index (χ0) is 24.6. The Hall–Kier alpha value is -2.64. The topological polar surface area (TPSA) is 78.5 Å². The Morgan fingerprint density at radius 1 is 1.32 bits per heavy atom. The van der Waals surface area contributed by atoms with E-state index in [1.54, 1.807) is 11.0 Å². The van der Waals surface area contributed by atoms with E-state index >= 15 is 0 Å². The lowest BCUT2D eigenvalue weighted by Gasteiger charge is -2.25. The van der Waals surface area contributed by atoms with Crippen LogP contribution in [-0.2, 0) is 17.9 Å². The fourth-order valence-corrected chi connectivity index (χ4v) is 5.97. The zero-order valence-corrected chi connectivity index (χ0v) is 21.4. The van der Waals surface area contributed by atoms with Crippen molar-refractivity contribution in [2.45, 2.75) is 71.5 Å². The van der Waals surface area contributed by atoms with Crippen LogP contribution in [0.4, 0.5) is 10.5 Å². The standard InChI is InChI=1S/C26H30ClN3O3S/c1-14(2)18-9-17(10-21(27)16(18)4)29-26(33)28-11-24-19-12-30(25(32)20(19)13-34-24)22-7-5-6-15(3)8-23(22)31/h9-10,13-14,22H,3,5-8,11-12H2,1-2,4H3,(H2,28,29,33)/t22-/m0/s1. The van der Waals surface area contributed by atoms with Gasteiger partial charge in [0.25, 0.3) is 5.91 Å². The van der Waals surface area contributed by atoms with Gasteiger partial charge in [-0.05, 0) is 60.9 Å². The second-order valence-corrected chi connectivity index (χ2v) is 10.8. The predicted octanol–water partition coefficient (Wildman–Crippen LogP) is 6.18. The molecule has 2 aliphatic rings. The summed E-state index contributed by atoms with van der Waals surface area (Å²) in [5, 5.41) is 8.20. The summed E-state index contributed by atoms with van der Waals surface area (Å²) in [5.74, 6) is 0.263. The van der Waals surface area contributed by atoms with Gasteiger partial charge in [-0.3, -0.25) is 9.59 Å². The van der Waals surface area contributed by atoms with Crippen molar-refractivity contribution in [3.05, 3.63) is 61.8 Å². The lowest BCUT2D eigenvalue weighted by atomic mass is 9.97. The number of fused-ring (bicyclic) bond motifs is 1. The number of Topliss-reactive ketones (excluding diaryl/α,β-unsaturated/α-hetero) is 1. The number of carbonyl (C=O) groups is 3. The maximum atomic E-state index is 13.0. The van der Waals surface area contributed by atoms with E-state index in [0.717, 1.165) is 40.0 Å². The van der Waals surface area contributed by atoms with Crippen LogP contribution in [0.25, 0.3) is 0 Å². The number of urea groups is 1. The highest BCUT2D eigenvalue weighted by Gasteiger charge is 2.38. The van der Waals surface area contributed by atoms with Gasteiger partial charge in [0.15, 0.2) is 5.78 Å². The minimum atomic E-state index is -0.394. The molecule has 1 saturated carbocycles. The van der Waals surface area contributed by atoms with Crippen molar-refractivity contribution < 1.29 is 14.4 Å². The fraction of sp³-hybridized carbons (Fsp3) is 0.423. The van der Waals surface area contributed by atoms with Crippen molar-refractivity contribution in [2.75, 3.05) is 5.32 Å². The largest absolute Gasteiger partial charge is 0.333 e. The molecule has 0 radical (unpaired) electrons. The third-order valence-corrected chi connectivity index (χ3v) is 8.08. The van der Waals surface area contributed by atoms with E-state index in [4.69, 9.17) is 11.6 Å². The Morgan fingerprint density at radius 2 is 2.09 bits per heavy atom. The Labute approximate surface area is 209 Å². The highest BCUT2D eigenvalue weighted by atomic mass is 35.5. The molecular formula is C26H30ClN3O3S. The number of benzene rings is 1. The molecular weight excluding hydrogens is 470 g/mol. The average molecular weight is 500 g/mol. The number of hydrogen-bond acceptors (Lipinski definition) is 4. The molecule has 34 heavy (non-hydrogen) atoms. The first kappa shape index (κ1) is 24.5. The summed E-state index contributed by atoms with van der Waals surface area (Å²) in [5.41, 5.74) is 5.25. The molecule has 2 aromatic rings. The van der Waals surface area contributed by atoms with E-state index < -0.39 is 6.04 Å². The summed E-state index contributed by atoms with van der Waals surface area (Å²) in [6, 6.07) is 2.97. The fourth-order valence-electron chi connectivity index (χ4n) is 4.77. The van der Waals surface area contributed by atoms with E-state index in [1.165, 1.54) is 11.3 Å². The van der Waals surface area contributed by atoms with Crippen molar-refractivity contribution in [3.63, 3.8) is 0 Å². The Morgan fingerprint density at radius 3 is 2.82 bits per heavy atom. The summed E-state index contributed by atoms with van der Waals surface area (Å²) in [4.78, 5) is 40.9. The normalized spacial score (nSPS) is 18.3. The number of carbonyl (C=O) groups excluding carboxylic acids is 3. The second-order valence-electron chi connectivity index (χ2n) is 9.42. The van der Waals surface area contributed by atoms with E-state index in [-0.39, 0.29) is 23.6 Å². The predicted molar refractivity (Wildman–Crippen MR) is 137 cm³/mol. The quantitative estimate of drug-likeness (QED) is 0.381. The van der Waals surface area contributed by atoms with Gasteiger partial charge in [-0.25, -0.2) is 4.79 Å². The third kappa shape index (κ3) is 4.91. The van der Waals surface area contributed by atoms with Crippen LogP contribution in [0.3, 0.4) is 0 Å². The van der Waals surface area contributed by atoms with Crippen LogP contribution in [0.2, 0.25) is 5.02 Å². The molecule has 2 heterocycles. The van der Waals surface area contributed by atoms with Crippen molar-refractivity contribution >= 4 is 46.3 Å². The molecule has 180 valence electrons. The van der Waals surface area contributed by atoms with Gasteiger partial charge in [0.1, 0.15) is 0 Å². The number of ketones is 1. The number of thiophene rings is 1. The summed E-state index contributed by atoms with van der Waals surface area (Å²) < 4.78 is 0. The van der Waals surface area contributed by atoms with Gasteiger partial charge in [-0.15, -0.1) is 11.3 Å². The van der Waals surface area contributed by atoms with Crippen molar-refractivity contribution in [1.29, 1.82) is 0 Å². The first-order valence-corrected chi connectivity index (χ1v) is 12.9. The van der Waals surface area contributed by atoms with Crippen LogP contribution in [0, 0.1) is 6.92 Å². The van der Waals surface area contributed by atoms with Gasteiger partial charge < -0.3 is 15.5 Å². The molecule has 0 bridgehead atoms. The van der Waals surface area contributed by atoms with Gasteiger partial charge in [0, 0.05) is 33.9 Å². The number of rotatable bonds is 5. The van der Waals surface area contributed by atoms with Crippen LogP contribution in [-0.4, -0.2) is 28.7 Å². The maximum absolute atomic E-state index is 13.0. The van der Waals surface area contributed by atoms with E-state index in [1.807, 2.05) is 18.4 Å². The number of halogens is 1. The summed E-state index contributed by atoms with van der Waals surface area (Å²) in [6.45, 7) is 10.8. The highest BCUT2D eigenvalue weighted by Crippen LogP contribution is 2.35. The van der Waals surface area contributed by atoms with E-state index in [9.17, 15) is 14.4 Å². The molecule has 4 rings (SSSR count). The van der Waals surface area contributed by atoms with Gasteiger partial charge in [0.05, 0.1) is 18.2 Å². The molecule has 1 aromatic carbocycles. The molecule has 0 spiro atoms. The van der Waals surface area contributed by atoms with Crippen LogP contribution in [0.15, 0.2) is 29.7 Å². The molecule has 1 fully saturated rings. The summed E-state index contributed by atoms with van der Waals surface area (Å²) >= 11 is 7.81. The van der Waals surface area contributed by atoms with Crippen LogP contribution in [0.1, 0.15) is 77.4 Å². The Kier molecular flexibility index (Phi) is 7.14. The number of anilines is 1. The smallest absolute Gasteiger partial charge is 0.319 e. The number of nitrogens with zero attached hydrogens (tertiary/aromatic N) is 1. The number of hydrogen-bond donors (Lipinski definition) is 2. The average Bonchev–Trinajstić information content (AvgIpc) is 3.26. The Balaban J connectivity index is 1.41. The molecule has 6 nitrogen and oxygen atoms in total. The maximum Gasteiger partial charge on any atom is 0.319 e. The van der Waals surface area contributed by atoms with Gasteiger partial charge >= 0.3 is 6.03 Å². The lowest BCUT2D eigenvalue weighted by molar-refractivity contribution is -0.122. The Bertz CT molecular complexity index is 1170. The molecule has 3 amide bonds. The number of allylic oxidation sites excluding steroid dienone is 1. The molecule has 1 aromatic heterocycles. The molecule has 0 unspecified atom stereocenters. The first-order chi connectivity index (χ1) is 16.2. The number of amides is 3. The SMILES string of the molecule is C=C1CCC[C@H](N2Cc3c(csc3CNC(=O)Nc3cc(Cl)c(C)c(C(C)C)c3)C2=O)C(=O)C1. The van der Waals surface area contributed by atoms with Gasteiger partial charge in [0.2, 0.25) is 0 Å². The monoisotopic (exact) mass is 499 g/mol. The number of nitrogens with one attached hydrogen (secondary N) is 2. The minimum absolute atomic E-state index is 0.0706. The molecule has 8 heteroatoms. The van der Waals surface area contributed by atoms with Crippen LogP contribution in [0.5, 0.6) is 0 Å². The molecule has 0 saturated heterocycles. The molecule has 1 aliphatic heterocycles. The second kappa shape index (κ2) is 9.92. The van der Waals surface area contributed by atoms with E-state index in [0.29, 0.717) is 42.2 Å². The van der Waals surface area contributed by atoms with Crippen molar-refractivity contribution in [1.82, 2.24) is 10.2 Å². The highest BCUT2D eigenvalue weighted by molar-refractivity contribution is 7.10. The molecule has 2 N–H and O–H groups in total. The van der Waals surface area contributed by atoms with Crippen LogP contribution >= 0.6 is 22.9 Å². The lowest BCUT2D eigenvalue weighted by Crippen LogP contribution is -2.40. The molecule has 1 aliphatic carbocycles. The molecule has 1 atom stereocenters. The van der Waals surface area contributed by atoms with Gasteiger partial charge in [-0.2, -0.15) is 0 Å². The van der Waals surface area contributed by atoms with Crippen LogP contribution < -0.4 is 10.6 Å². The van der Waals surface area contributed by atoms with E-state index in [2.05, 4.69) is 31.1 Å². The third-order valence-electron chi connectivity index (χ3n) is 6.65. The van der Waals surface area contributed by atoms with Gasteiger partial charge in [-0.1, -0.05) is 37.6 Å².